The molecule has 2 aromatic carbocycles. The van der Waals surface area contributed by atoms with Gasteiger partial charge in [-0.1, -0.05) is 18.2 Å². The van der Waals surface area contributed by atoms with Crippen LogP contribution in [0.4, 0.5) is 14.5 Å². The Morgan fingerprint density at radius 3 is 2.67 bits per heavy atom. The molecular formula is C18H14F2N2O2. The maximum atomic E-state index is 13.5. The van der Waals surface area contributed by atoms with Crippen LogP contribution in [0, 0.1) is 11.6 Å². The van der Waals surface area contributed by atoms with E-state index in [-0.39, 0.29) is 24.1 Å². The zero-order valence-corrected chi connectivity index (χ0v) is 12.6. The summed E-state index contributed by atoms with van der Waals surface area (Å²) >= 11 is 0. The summed E-state index contributed by atoms with van der Waals surface area (Å²) in [7, 11) is 0. The van der Waals surface area contributed by atoms with E-state index in [0.717, 1.165) is 23.0 Å². The Bertz CT molecular complexity index is 967. The Kier molecular flexibility index (Phi) is 4.37. The molecule has 1 aromatic heterocycles. The van der Waals surface area contributed by atoms with Crippen molar-refractivity contribution in [1.29, 1.82) is 0 Å². The molecule has 4 nitrogen and oxygen atoms in total. The Morgan fingerprint density at radius 2 is 1.88 bits per heavy atom. The number of carbonyl (C=O) groups excluding carboxylic acids is 1. The summed E-state index contributed by atoms with van der Waals surface area (Å²) in [5, 5.41) is 3.24. The number of hydrogen-bond acceptors (Lipinski definition) is 2. The Hall–Kier alpha value is -3.02. The van der Waals surface area contributed by atoms with E-state index >= 15 is 0 Å². The number of aromatic amines is 1. The summed E-state index contributed by atoms with van der Waals surface area (Å²) in [6.07, 6.45) is 0.229. The number of nitrogens with one attached hydrogen (secondary N) is 2. The van der Waals surface area contributed by atoms with Gasteiger partial charge in [0.25, 0.3) is 5.56 Å². The monoisotopic (exact) mass is 328 g/mol. The third-order valence-corrected chi connectivity index (χ3v) is 3.66. The lowest BCUT2D eigenvalue weighted by atomic mass is 10.1. The average molecular weight is 328 g/mol. The van der Waals surface area contributed by atoms with Crippen molar-refractivity contribution in [3.8, 4) is 0 Å². The predicted octanol–water partition coefficient (Wildman–Crippen LogP) is 3.38. The number of aryl methyl sites for hydroxylation is 1. The van der Waals surface area contributed by atoms with Crippen LogP contribution in [-0.4, -0.2) is 10.9 Å². The molecule has 0 saturated heterocycles. The van der Waals surface area contributed by atoms with Gasteiger partial charge in [0, 0.05) is 23.6 Å². The van der Waals surface area contributed by atoms with Gasteiger partial charge in [-0.05, 0) is 36.1 Å². The number of para-hydroxylation sites is 1. The van der Waals surface area contributed by atoms with Crippen molar-refractivity contribution in [3.05, 3.63) is 76.1 Å². The van der Waals surface area contributed by atoms with Crippen LogP contribution >= 0.6 is 0 Å². The minimum atomic E-state index is -0.841. The summed E-state index contributed by atoms with van der Waals surface area (Å²) in [6, 6.07) is 12.0. The fourth-order valence-corrected chi connectivity index (χ4v) is 2.43. The third kappa shape index (κ3) is 3.48. The molecule has 6 heteroatoms. The first-order valence-electron chi connectivity index (χ1n) is 7.39. The largest absolute Gasteiger partial charge is 0.324 e. The number of hydrogen-bond donors (Lipinski definition) is 2. The molecule has 0 aliphatic heterocycles. The minimum absolute atomic E-state index is 0.0121. The molecule has 1 heterocycles. The lowest BCUT2D eigenvalue weighted by Gasteiger charge is -2.07. The standard InChI is InChI=1S/C18H14F2N2O2/c19-13-6-7-16(14(20)10-13)21-17(23)8-5-12-9-11-3-1-2-4-15(11)22-18(12)24/h1-4,6-7,9-10H,5,8H2,(H,21,23)(H,22,24). The fraction of sp³-hybridized carbons (Fsp3) is 0.111. The Labute approximate surface area is 136 Å². The van der Waals surface area contributed by atoms with Crippen molar-refractivity contribution in [2.75, 3.05) is 5.32 Å². The van der Waals surface area contributed by atoms with Crippen LogP contribution in [0.25, 0.3) is 10.9 Å². The van der Waals surface area contributed by atoms with Crippen LogP contribution in [0.15, 0.2) is 53.3 Å². The maximum absolute atomic E-state index is 13.5. The topological polar surface area (TPSA) is 62.0 Å². The SMILES string of the molecule is O=C(CCc1cc2ccccc2[nH]c1=O)Nc1ccc(F)cc1F. The van der Waals surface area contributed by atoms with Gasteiger partial charge < -0.3 is 10.3 Å². The average Bonchev–Trinajstić information content (AvgIpc) is 2.55. The highest BCUT2D eigenvalue weighted by Gasteiger charge is 2.10. The van der Waals surface area contributed by atoms with Gasteiger partial charge in [-0.2, -0.15) is 0 Å². The molecule has 0 saturated carbocycles. The maximum Gasteiger partial charge on any atom is 0.251 e. The van der Waals surface area contributed by atoms with Gasteiger partial charge in [0.05, 0.1) is 5.69 Å². The van der Waals surface area contributed by atoms with Crippen molar-refractivity contribution in [3.63, 3.8) is 0 Å². The number of rotatable bonds is 4. The van der Waals surface area contributed by atoms with Crippen LogP contribution < -0.4 is 10.9 Å². The normalized spacial score (nSPS) is 10.8. The summed E-state index contributed by atoms with van der Waals surface area (Å²) in [6.45, 7) is 0. The molecule has 0 fully saturated rings. The van der Waals surface area contributed by atoms with Crippen molar-refractivity contribution in [2.45, 2.75) is 12.8 Å². The van der Waals surface area contributed by atoms with Crippen molar-refractivity contribution in [2.24, 2.45) is 0 Å². The van der Waals surface area contributed by atoms with Gasteiger partial charge >= 0.3 is 0 Å². The molecule has 0 unspecified atom stereocenters. The number of aromatic nitrogens is 1. The molecule has 0 aliphatic carbocycles. The van der Waals surface area contributed by atoms with Crippen LogP contribution in [0.5, 0.6) is 0 Å². The van der Waals surface area contributed by atoms with E-state index in [9.17, 15) is 18.4 Å². The highest BCUT2D eigenvalue weighted by atomic mass is 19.1. The summed E-state index contributed by atoms with van der Waals surface area (Å²) in [5.41, 5.74) is 0.857. The molecule has 122 valence electrons. The minimum Gasteiger partial charge on any atom is -0.324 e. The highest BCUT2D eigenvalue weighted by Crippen LogP contribution is 2.16. The Morgan fingerprint density at radius 1 is 1.08 bits per heavy atom. The van der Waals surface area contributed by atoms with E-state index in [0.29, 0.717) is 11.6 Å². The summed E-state index contributed by atoms with van der Waals surface area (Å²) < 4.78 is 26.3. The number of anilines is 1. The number of carbonyl (C=O) groups is 1. The van der Waals surface area contributed by atoms with E-state index in [2.05, 4.69) is 10.3 Å². The van der Waals surface area contributed by atoms with E-state index in [4.69, 9.17) is 0 Å². The van der Waals surface area contributed by atoms with Gasteiger partial charge in [-0.3, -0.25) is 9.59 Å². The highest BCUT2D eigenvalue weighted by molar-refractivity contribution is 5.91. The van der Waals surface area contributed by atoms with Gasteiger partial charge in [0.15, 0.2) is 0 Å². The van der Waals surface area contributed by atoms with E-state index in [1.807, 2.05) is 18.2 Å². The number of H-pyrrole nitrogens is 1. The van der Waals surface area contributed by atoms with Crippen LogP contribution in [-0.2, 0) is 11.2 Å². The number of fused-ring (bicyclic) bond motifs is 1. The molecule has 3 rings (SSSR count). The zero-order valence-electron chi connectivity index (χ0n) is 12.6. The molecular weight excluding hydrogens is 314 g/mol. The van der Waals surface area contributed by atoms with Gasteiger partial charge in [-0.15, -0.1) is 0 Å². The predicted molar refractivity (Wildman–Crippen MR) is 87.9 cm³/mol. The second-order valence-corrected chi connectivity index (χ2v) is 5.38. The molecule has 24 heavy (non-hydrogen) atoms. The first-order chi connectivity index (χ1) is 11.5. The van der Waals surface area contributed by atoms with E-state index in [1.165, 1.54) is 0 Å². The smallest absolute Gasteiger partial charge is 0.251 e. The van der Waals surface area contributed by atoms with Crippen LogP contribution in [0.3, 0.4) is 0 Å². The van der Waals surface area contributed by atoms with Gasteiger partial charge in [0.1, 0.15) is 11.6 Å². The molecule has 1 amide bonds. The summed E-state index contributed by atoms with van der Waals surface area (Å²) in [5.74, 6) is -2.01. The second kappa shape index (κ2) is 6.62. The zero-order chi connectivity index (χ0) is 17.1. The quantitative estimate of drug-likeness (QED) is 0.771. The Balaban J connectivity index is 1.70. The lowest BCUT2D eigenvalue weighted by Crippen LogP contribution is -2.17. The molecule has 2 N–H and O–H groups in total. The second-order valence-electron chi connectivity index (χ2n) is 5.38. The summed E-state index contributed by atoms with van der Waals surface area (Å²) in [4.78, 5) is 26.7. The first-order valence-corrected chi connectivity index (χ1v) is 7.39. The van der Waals surface area contributed by atoms with Gasteiger partial charge in [-0.25, -0.2) is 8.78 Å². The van der Waals surface area contributed by atoms with E-state index < -0.39 is 17.5 Å². The van der Waals surface area contributed by atoms with Gasteiger partial charge in [0.2, 0.25) is 5.91 Å². The van der Waals surface area contributed by atoms with Crippen LogP contribution in [0.2, 0.25) is 0 Å². The molecule has 0 bridgehead atoms. The number of amides is 1. The molecule has 0 spiro atoms. The molecule has 0 atom stereocenters. The molecule has 0 aliphatic rings. The third-order valence-electron chi connectivity index (χ3n) is 3.66. The molecule has 3 aromatic rings. The lowest BCUT2D eigenvalue weighted by molar-refractivity contribution is -0.116. The number of pyridine rings is 1. The van der Waals surface area contributed by atoms with Crippen LogP contribution in [0.1, 0.15) is 12.0 Å². The fourth-order valence-electron chi connectivity index (χ4n) is 2.43. The van der Waals surface area contributed by atoms with Crippen molar-refractivity contribution < 1.29 is 13.6 Å². The van der Waals surface area contributed by atoms with Crippen molar-refractivity contribution in [1.82, 2.24) is 4.98 Å². The van der Waals surface area contributed by atoms with Crippen molar-refractivity contribution >= 4 is 22.5 Å². The van der Waals surface area contributed by atoms with E-state index in [1.54, 1.807) is 12.1 Å². The number of halogens is 2. The first kappa shape index (κ1) is 15.9. The number of benzene rings is 2. The molecule has 0 radical (unpaired) electrons.